The van der Waals surface area contributed by atoms with Crippen LogP contribution in [0.4, 0.5) is 0 Å². The van der Waals surface area contributed by atoms with Crippen molar-refractivity contribution < 1.29 is 9.47 Å². The highest BCUT2D eigenvalue weighted by molar-refractivity contribution is 5.85. The van der Waals surface area contributed by atoms with Crippen molar-refractivity contribution in [1.82, 2.24) is 10.2 Å². The molecule has 4 rings (SSSR count). The van der Waals surface area contributed by atoms with Gasteiger partial charge in [-0.2, -0.15) is 0 Å². The first-order valence-corrected chi connectivity index (χ1v) is 8.26. The molecule has 1 N–H and O–H groups in total. The van der Waals surface area contributed by atoms with Crippen molar-refractivity contribution in [2.75, 3.05) is 33.0 Å². The van der Waals surface area contributed by atoms with Crippen LogP contribution in [0.15, 0.2) is 18.2 Å². The maximum absolute atomic E-state index is 5.59. The molecule has 1 aromatic rings. The van der Waals surface area contributed by atoms with Gasteiger partial charge < -0.3 is 14.8 Å². The molecule has 1 saturated carbocycles. The van der Waals surface area contributed by atoms with Crippen LogP contribution in [0.3, 0.4) is 0 Å². The van der Waals surface area contributed by atoms with Crippen LogP contribution < -0.4 is 14.8 Å². The minimum Gasteiger partial charge on any atom is -0.454 e. The minimum absolute atomic E-state index is 0. The molecular weight excluding hydrogens is 335 g/mol. The SMILES string of the molecule is Cl.Cl.c1cc2c(cc1[C@@H](C1CCCC1)N1CCNCC1)OCO2. The van der Waals surface area contributed by atoms with E-state index in [0.717, 1.165) is 43.6 Å². The first kappa shape index (κ1) is 18.7. The second-order valence-corrected chi connectivity index (χ2v) is 6.39. The van der Waals surface area contributed by atoms with Crippen LogP contribution in [0.25, 0.3) is 0 Å². The maximum atomic E-state index is 5.59. The quantitative estimate of drug-likeness (QED) is 0.895. The molecule has 0 bridgehead atoms. The highest BCUT2D eigenvalue weighted by Gasteiger charge is 2.32. The Labute approximate surface area is 150 Å². The van der Waals surface area contributed by atoms with E-state index in [1.165, 1.54) is 31.2 Å². The van der Waals surface area contributed by atoms with Crippen molar-refractivity contribution in [3.05, 3.63) is 23.8 Å². The van der Waals surface area contributed by atoms with Gasteiger partial charge in [0.2, 0.25) is 6.79 Å². The number of hydrogen-bond donors (Lipinski definition) is 1. The number of benzene rings is 1. The molecule has 0 spiro atoms. The Morgan fingerprint density at radius 1 is 1.00 bits per heavy atom. The van der Waals surface area contributed by atoms with Gasteiger partial charge in [0.1, 0.15) is 0 Å². The Hall–Kier alpha value is -0.680. The van der Waals surface area contributed by atoms with Crippen molar-refractivity contribution >= 4 is 24.8 Å². The van der Waals surface area contributed by atoms with Crippen LogP contribution in [0.5, 0.6) is 11.5 Å². The van der Waals surface area contributed by atoms with Gasteiger partial charge in [0.15, 0.2) is 11.5 Å². The predicted octanol–water partition coefficient (Wildman–Crippen LogP) is 3.40. The monoisotopic (exact) mass is 360 g/mol. The van der Waals surface area contributed by atoms with Crippen molar-refractivity contribution in [2.45, 2.75) is 31.7 Å². The zero-order valence-corrected chi connectivity index (χ0v) is 15.0. The molecule has 4 nitrogen and oxygen atoms in total. The van der Waals surface area contributed by atoms with Crippen molar-refractivity contribution in [3.8, 4) is 11.5 Å². The number of piperazine rings is 1. The third-order valence-electron chi connectivity index (χ3n) is 5.13. The molecule has 2 fully saturated rings. The fourth-order valence-electron chi connectivity index (χ4n) is 4.11. The summed E-state index contributed by atoms with van der Waals surface area (Å²) < 4.78 is 11.0. The molecule has 1 atom stereocenters. The molecule has 0 aromatic heterocycles. The number of nitrogens with zero attached hydrogens (tertiary/aromatic N) is 1. The smallest absolute Gasteiger partial charge is 0.231 e. The van der Waals surface area contributed by atoms with Crippen LogP contribution in [0.2, 0.25) is 0 Å². The number of ether oxygens (including phenoxy) is 2. The molecule has 23 heavy (non-hydrogen) atoms. The van der Waals surface area contributed by atoms with Crippen LogP contribution in [0.1, 0.15) is 37.3 Å². The molecule has 0 unspecified atom stereocenters. The lowest BCUT2D eigenvalue weighted by Gasteiger charge is -2.38. The molecule has 0 radical (unpaired) electrons. The van der Waals surface area contributed by atoms with Crippen LogP contribution in [-0.4, -0.2) is 37.9 Å². The second kappa shape index (κ2) is 8.43. The summed E-state index contributed by atoms with van der Waals surface area (Å²) in [5, 5.41) is 3.47. The Bertz CT molecular complexity index is 503. The number of nitrogens with one attached hydrogen (secondary N) is 1. The summed E-state index contributed by atoms with van der Waals surface area (Å²) in [5.41, 5.74) is 1.41. The van der Waals surface area contributed by atoms with E-state index in [4.69, 9.17) is 9.47 Å². The van der Waals surface area contributed by atoms with E-state index in [1.54, 1.807) is 0 Å². The van der Waals surface area contributed by atoms with Crippen LogP contribution in [-0.2, 0) is 0 Å². The molecule has 1 saturated heterocycles. The molecule has 130 valence electrons. The fraction of sp³-hybridized carbons (Fsp3) is 0.647. The average molecular weight is 361 g/mol. The van der Waals surface area contributed by atoms with Gasteiger partial charge in [0.25, 0.3) is 0 Å². The van der Waals surface area contributed by atoms with E-state index < -0.39 is 0 Å². The van der Waals surface area contributed by atoms with Crippen molar-refractivity contribution in [2.24, 2.45) is 5.92 Å². The average Bonchev–Trinajstić information content (AvgIpc) is 3.19. The molecule has 0 amide bonds. The summed E-state index contributed by atoms with van der Waals surface area (Å²) in [7, 11) is 0. The van der Waals surface area contributed by atoms with E-state index in [0.29, 0.717) is 12.8 Å². The van der Waals surface area contributed by atoms with Gasteiger partial charge in [-0.25, -0.2) is 0 Å². The molecule has 2 aliphatic heterocycles. The zero-order valence-electron chi connectivity index (χ0n) is 13.3. The van der Waals surface area contributed by atoms with Gasteiger partial charge in [-0.1, -0.05) is 18.9 Å². The van der Waals surface area contributed by atoms with Gasteiger partial charge in [0.05, 0.1) is 0 Å². The van der Waals surface area contributed by atoms with Crippen molar-refractivity contribution in [1.29, 1.82) is 0 Å². The lowest BCUT2D eigenvalue weighted by atomic mass is 9.89. The predicted molar refractivity (Wildman–Crippen MR) is 96.2 cm³/mol. The largest absolute Gasteiger partial charge is 0.454 e. The van der Waals surface area contributed by atoms with Crippen LogP contribution in [0, 0.1) is 5.92 Å². The van der Waals surface area contributed by atoms with E-state index in [-0.39, 0.29) is 24.8 Å². The highest BCUT2D eigenvalue weighted by atomic mass is 35.5. The number of fused-ring (bicyclic) bond motifs is 1. The summed E-state index contributed by atoms with van der Waals surface area (Å²) in [4.78, 5) is 2.67. The Morgan fingerprint density at radius 3 is 2.43 bits per heavy atom. The fourth-order valence-corrected chi connectivity index (χ4v) is 4.11. The third kappa shape index (κ3) is 3.87. The molecular formula is C17H26Cl2N2O2. The van der Waals surface area contributed by atoms with E-state index in [2.05, 4.69) is 28.4 Å². The highest BCUT2D eigenvalue weighted by Crippen LogP contribution is 2.42. The second-order valence-electron chi connectivity index (χ2n) is 6.39. The van der Waals surface area contributed by atoms with Crippen LogP contribution >= 0.6 is 24.8 Å². The first-order chi connectivity index (χ1) is 10.4. The molecule has 3 aliphatic rings. The topological polar surface area (TPSA) is 33.7 Å². The standard InChI is InChI=1S/C17H24N2O2.2ClH/c1-2-4-13(3-1)17(19-9-7-18-8-10-19)14-5-6-15-16(11-14)21-12-20-15;;/h5-6,11,13,17-18H,1-4,7-10,12H2;2*1H/t17-;;/m1../s1. The van der Waals surface area contributed by atoms with E-state index in [1.807, 2.05) is 0 Å². The van der Waals surface area contributed by atoms with Gasteiger partial charge in [0, 0.05) is 32.2 Å². The van der Waals surface area contributed by atoms with Gasteiger partial charge in [-0.05, 0) is 36.5 Å². The van der Waals surface area contributed by atoms with Gasteiger partial charge in [-0.15, -0.1) is 24.8 Å². The zero-order chi connectivity index (χ0) is 14.1. The lowest BCUT2D eigenvalue weighted by Crippen LogP contribution is -2.46. The Balaban J connectivity index is 0.000000960. The summed E-state index contributed by atoms with van der Waals surface area (Å²) in [6, 6.07) is 7.09. The molecule has 1 aromatic carbocycles. The van der Waals surface area contributed by atoms with Gasteiger partial charge in [-0.3, -0.25) is 4.90 Å². The minimum atomic E-state index is 0. The Morgan fingerprint density at radius 2 is 1.70 bits per heavy atom. The third-order valence-corrected chi connectivity index (χ3v) is 5.13. The first-order valence-electron chi connectivity index (χ1n) is 8.26. The summed E-state index contributed by atoms with van der Waals surface area (Å²) in [5.74, 6) is 2.61. The Kier molecular flexibility index (Phi) is 6.84. The number of halogens is 2. The van der Waals surface area contributed by atoms with Crippen molar-refractivity contribution in [3.63, 3.8) is 0 Å². The summed E-state index contributed by atoms with van der Waals surface area (Å²) in [6.07, 6.45) is 5.50. The maximum Gasteiger partial charge on any atom is 0.231 e. The summed E-state index contributed by atoms with van der Waals surface area (Å²) in [6.45, 7) is 4.87. The summed E-state index contributed by atoms with van der Waals surface area (Å²) >= 11 is 0. The molecule has 2 heterocycles. The normalized spacial score (nSPS) is 22.3. The van der Waals surface area contributed by atoms with Gasteiger partial charge >= 0.3 is 0 Å². The molecule has 1 aliphatic carbocycles. The van der Waals surface area contributed by atoms with E-state index >= 15 is 0 Å². The molecule has 6 heteroatoms. The number of hydrogen-bond acceptors (Lipinski definition) is 4. The van der Waals surface area contributed by atoms with E-state index in [9.17, 15) is 0 Å². The lowest BCUT2D eigenvalue weighted by molar-refractivity contribution is 0.125. The number of rotatable bonds is 3.